The molecule has 0 fully saturated rings. The average Bonchev–Trinajstić information content (AvgIpc) is 2.78. The highest BCUT2D eigenvalue weighted by atomic mass is 19.4. The monoisotopic (exact) mass is 420 g/mol. The van der Waals surface area contributed by atoms with Gasteiger partial charge in [-0.05, 0) is 17.8 Å². The lowest BCUT2D eigenvalue weighted by atomic mass is 9.51. The Morgan fingerprint density at radius 1 is 0.806 bits per heavy atom. The Kier molecular flexibility index (Phi) is 6.75. The molecule has 0 aliphatic rings. The standard InChI is InChI=1S/C24H20BF3N2O/c1-17(21(23(29)24(26,27)28)22(31)18-11-5-2-6-12-18)30-25(19-13-7-3-8-14-19)20-15-9-4-10-16-20/h2-16H,29H2,1H3/b23-21+,30-17+. The van der Waals surface area contributed by atoms with Gasteiger partial charge in [0.05, 0.1) is 5.57 Å². The van der Waals surface area contributed by atoms with Crippen molar-refractivity contribution in [3.05, 3.63) is 108 Å². The molecule has 0 aliphatic heterocycles. The van der Waals surface area contributed by atoms with E-state index in [2.05, 4.69) is 4.90 Å². The zero-order valence-electron chi connectivity index (χ0n) is 16.8. The number of ketones is 1. The number of nitrogens with two attached hydrogens (primary N) is 1. The van der Waals surface area contributed by atoms with E-state index in [9.17, 15) is 18.0 Å². The third-order valence-corrected chi connectivity index (χ3v) is 4.75. The number of rotatable bonds is 6. The van der Waals surface area contributed by atoms with Crippen LogP contribution >= 0.6 is 0 Å². The molecule has 0 atom stereocenters. The highest BCUT2D eigenvalue weighted by molar-refractivity contribution is 6.84. The maximum Gasteiger partial charge on any atom is 0.431 e. The lowest BCUT2D eigenvalue weighted by molar-refractivity contribution is -0.0930. The van der Waals surface area contributed by atoms with Crippen LogP contribution in [0.4, 0.5) is 13.2 Å². The molecular formula is C24H20BF3N2O. The Hall–Kier alpha value is -3.61. The summed E-state index contributed by atoms with van der Waals surface area (Å²) in [5, 5.41) is 0. The first-order valence-corrected chi connectivity index (χ1v) is 9.60. The molecule has 0 amide bonds. The Morgan fingerprint density at radius 2 is 1.23 bits per heavy atom. The van der Waals surface area contributed by atoms with Gasteiger partial charge in [-0.1, -0.05) is 91.0 Å². The van der Waals surface area contributed by atoms with Gasteiger partial charge in [0.15, 0.2) is 5.78 Å². The number of carbonyl (C=O) groups excluding carboxylic acids is 1. The fraction of sp³-hybridized carbons (Fsp3) is 0.0833. The quantitative estimate of drug-likeness (QED) is 0.285. The minimum Gasteiger partial charge on any atom is -0.394 e. The van der Waals surface area contributed by atoms with Crippen molar-refractivity contribution < 1.29 is 18.0 Å². The van der Waals surface area contributed by atoms with Crippen molar-refractivity contribution in [1.29, 1.82) is 0 Å². The second-order valence-electron chi connectivity index (χ2n) is 6.92. The normalized spacial score (nSPS) is 12.8. The van der Waals surface area contributed by atoms with Crippen LogP contribution in [0.3, 0.4) is 0 Å². The Labute approximate surface area is 179 Å². The third-order valence-electron chi connectivity index (χ3n) is 4.75. The summed E-state index contributed by atoms with van der Waals surface area (Å²) in [6.45, 7) is 0.787. The number of hydrogen-bond acceptors (Lipinski definition) is 3. The van der Waals surface area contributed by atoms with Crippen molar-refractivity contribution in [2.45, 2.75) is 13.1 Å². The maximum atomic E-state index is 13.5. The van der Waals surface area contributed by atoms with Crippen LogP contribution in [0.15, 0.2) is 107 Å². The molecule has 3 nitrogen and oxygen atoms in total. The molecule has 0 saturated carbocycles. The molecule has 7 heteroatoms. The Bertz CT molecular complexity index is 1060. The number of hydrogen-bond donors (Lipinski definition) is 1. The molecule has 2 N–H and O–H groups in total. The molecule has 3 aromatic carbocycles. The molecule has 3 rings (SSSR count). The summed E-state index contributed by atoms with van der Waals surface area (Å²) in [4.78, 5) is 17.6. The second kappa shape index (κ2) is 9.47. The maximum absolute atomic E-state index is 13.5. The topological polar surface area (TPSA) is 55.5 Å². The fourth-order valence-electron chi connectivity index (χ4n) is 3.23. The number of carbonyl (C=O) groups is 1. The second-order valence-corrected chi connectivity index (χ2v) is 6.92. The Morgan fingerprint density at radius 3 is 1.65 bits per heavy atom. The van der Waals surface area contributed by atoms with Crippen molar-refractivity contribution in [3.8, 4) is 0 Å². The van der Waals surface area contributed by atoms with Crippen LogP contribution in [0.1, 0.15) is 17.3 Å². The van der Waals surface area contributed by atoms with Crippen LogP contribution in [-0.2, 0) is 0 Å². The van der Waals surface area contributed by atoms with Crippen molar-refractivity contribution in [3.63, 3.8) is 0 Å². The van der Waals surface area contributed by atoms with Crippen LogP contribution in [-0.4, -0.2) is 24.5 Å². The number of Topliss-reactive ketones (excluding diaryl/α,β-unsaturated/α-hetero) is 1. The first-order valence-electron chi connectivity index (χ1n) is 9.60. The first kappa shape index (κ1) is 22.1. The highest BCUT2D eigenvalue weighted by Gasteiger charge is 2.37. The summed E-state index contributed by atoms with van der Waals surface area (Å²) in [6.07, 6.45) is -4.87. The summed E-state index contributed by atoms with van der Waals surface area (Å²) in [5.41, 5.74) is 4.93. The van der Waals surface area contributed by atoms with Gasteiger partial charge in [-0.2, -0.15) is 13.2 Å². The van der Waals surface area contributed by atoms with E-state index in [1.807, 2.05) is 60.7 Å². The summed E-state index contributed by atoms with van der Waals surface area (Å²) in [5.74, 6) is -0.823. The summed E-state index contributed by atoms with van der Waals surface area (Å²) < 4.78 is 40.6. The molecule has 0 spiro atoms. The predicted molar refractivity (Wildman–Crippen MR) is 119 cm³/mol. The van der Waals surface area contributed by atoms with E-state index in [0.717, 1.165) is 10.9 Å². The molecule has 3 aromatic rings. The van der Waals surface area contributed by atoms with Crippen LogP contribution in [0, 0.1) is 0 Å². The van der Waals surface area contributed by atoms with Crippen molar-refractivity contribution >= 4 is 29.3 Å². The lowest BCUT2D eigenvalue weighted by Crippen LogP contribution is -2.42. The van der Waals surface area contributed by atoms with Gasteiger partial charge in [0.1, 0.15) is 5.70 Å². The van der Waals surface area contributed by atoms with Crippen LogP contribution in [0.2, 0.25) is 0 Å². The van der Waals surface area contributed by atoms with E-state index < -0.39 is 30.1 Å². The van der Waals surface area contributed by atoms with Crippen LogP contribution in [0.25, 0.3) is 0 Å². The van der Waals surface area contributed by atoms with E-state index in [1.54, 1.807) is 18.2 Å². The van der Waals surface area contributed by atoms with E-state index in [-0.39, 0.29) is 11.3 Å². The number of alkyl halides is 3. The fourth-order valence-corrected chi connectivity index (χ4v) is 3.23. The van der Waals surface area contributed by atoms with Gasteiger partial charge in [-0.3, -0.25) is 4.79 Å². The lowest BCUT2D eigenvalue weighted by Gasteiger charge is -2.16. The van der Waals surface area contributed by atoms with E-state index in [0.29, 0.717) is 0 Å². The SMILES string of the molecule is CC(=N\B(c1ccccc1)c1ccccc1)/C(C(=O)c1ccccc1)=C(\N)C(F)(F)F. The molecule has 0 aliphatic carbocycles. The van der Waals surface area contributed by atoms with E-state index in [4.69, 9.17) is 5.73 Å². The van der Waals surface area contributed by atoms with Crippen molar-refractivity contribution in [1.82, 2.24) is 0 Å². The van der Waals surface area contributed by atoms with Gasteiger partial charge in [0.25, 0.3) is 0 Å². The molecule has 0 unspecified atom stereocenters. The number of nitrogens with zero attached hydrogens (tertiary/aromatic N) is 1. The zero-order chi connectivity index (χ0) is 22.4. The molecule has 0 radical (unpaired) electrons. The molecule has 156 valence electrons. The van der Waals surface area contributed by atoms with Gasteiger partial charge < -0.3 is 10.6 Å². The van der Waals surface area contributed by atoms with Crippen molar-refractivity contribution in [2.75, 3.05) is 0 Å². The van der Waals surface area contributed by atoms with Gasteiger partial charge in [-0.25, -0.2) is 0 Å². The summed E-state index contributed by atoms with van der Waals surface area (Å²) >= 11 is 0. The largest absolute Gasteiger partial charge is 0.431 e. The number of halogens is 3. The van der Waals surface area contributed by atoms with Gasteiger partial charge in [0, 0.05) is 11.3 Å². The molecule has 0 bridgehead atoms. The summed E-state index contributed by atoms with van der Waals surface area (Å²) in [7, 11) is 0. The minimum absolute atomic E-state index is 0.0821. The van der Waals surface area contributed by atoms with Gasteiger partial charge >= 0.3 is 13.0 Å². The predicted octanol–water partition coefficient (Wildman–Crippen LogP) is 3.91. The molecule has 0 aromatic heterocycles. The van der Waals surface area contributed by atoms with Gasteiger partial charge in [0.2, 0.25) is 0 Å². The molecule has 0 heterocycles. The molecule has 0 saturated heterocycles. The third kappa shape index (κ3) is 5.31. The highest BCUT2D eigenvalue weighted by Crippen LogP contribution is 2.26. The summed E-state index contributed by atoms with van der Waals surface area (Å²) in [6, 6.07) is 26.1. The van der Waals surface area contributed by atoms with Crippen LogP contribution < -0.4 is 16.7 Å². The van der Waals surface area contributed by atoms with Crippen molar-refractivity contribution in [2.24, 2.45) is 10.6 Å². The van der Waals surface area contributed by atoms with E-state index >= 15 is 0 Å². The first-order chi connectivity index (χ1) is 14.8. The average molecular weight is 420 g/mol. The molecule has 31 heavy (non-hydrogen) atoms. The van der Waals surface area contributed by atoms with Crippen LogP contribution in [0.5, 0.6) is 0 Å². The smallest absolute Gasteiger partial charge is 0.394 e. The van der Waals surface area contributed by atoms with E-state index in [1.165, 1.54) is 19.1 Å². The number of benzene rings is 3. The zero-order valence-corrected chi connectivity index (χ0v) is 16.8. The minimum atomic E-state index is -4.87. The number of allylic oxidation sites excluding steroid dienone is 2. The molecular weight excluding hydrogens is 400 g/mol. The van der Waals surface area contributed by atoms with Gasteiger partial charge in [-0.15, -0.1) is 0 Å². The Balaban J connectivity index is 2.17.